The molecule has 1 fully saturated rings. The fraction of sp³-hybridized carbons (Fsp3) is 0.367. The zero-order valence-electron chi connectivity index (χ0n) is 21.4. The Morgan fingerprint density at radius 1 is 1.14 bits per heavy atom. The van der Waals surface area contributed by atoms with Gasteiger partial charge in [-0.25, -0.2) is 14.5 Å². The Labute approximate surface area is 223 Å². The van der Waals surface area contributed by atoms with Crippen molar-refractivity contribution in [1.29, 1.82) is 0 Å². The van der Waals surface area contributed by atoms with Gasteiger partial charge in [0, 0.05) is 11.1 Å². The van der Waals surface area contributed by atoms with E-state index in [9.17, 15) is 14.4 Å². The number of aryl methyl sites for hydroxylation is 1. The molecule has 4 unspecified atom stereocenters. The van der Waals surface area contributed by atoms with Gasteiger partial charge in [-0.3, -0.25) is 4.79 Å². The number of nitrogens with one attached hydrogen (secondary N) is 1. The van der Waals surface area contributed by atoms with E-state index >= 15 is 0 Å². The van der Waals surface area contributed by atoms with Crippen molar-refractivity contribution in [2.45, 2.75) is 58.7 Å². The van der Waals surface area contributed by atoms with E-state index in [1.54, 1.807) is 19.1 Å². The van der Waals surface area contributed by atoms with Crippen molar-refractivity contribution in [3.8, 4) is 0 Å². The average Bonchev–Trinajstić information content (AvgIpc) is 2.90. The van der Waals surface area contributed by atoms with Crippen LogP contribution >= 0.6 is 11.6 Å². The van der Waals surface area contributed by atoms with Crippen LogP contribution in [-0.4, -0.2) is 34.9 Å². The molecule has 2 aromatic rings. The standard InChI is InChI=1S/C30H33ClN2O4/c1-20-9-7-8-12-25(20)21(2)32-29(36)33-26(27(34)37-19-23-10-5-4-6-11-23)30(3,28(33)35)18-17-22-13-15-24(31)16-14-22/h4-8,10-16,20-21,26H,9,17-19H2,1-3H3,(H,32,36). The lowest BCUT2D eigenvalue weighted by atomic mass is 9.68. The second kappa shape index (κ2) is 11.3. The largest absolute Gasteiger partial charge is 0.459 e. The topological polar surface area (TPSA) is 75.7 Å². The average molecular weight is 521 g/mol. The number of amides is 3. The Balaban J connectivity index is 1.51. The van der Waals surface area contributed by atoms with E-state index in [0.29, 0.717) is 17.9 Å². The van der Waals surface area contributed by atoms with Crippen LogP contribution in [0.2, 0.25) is 5.02 Å². The molecule has 0 aromatic heterocycles. The number of carbonyl (C=O) groups excluding carboxylic acids is 3. The number of imide groups is 1. The highest BCUT2D eigenvalue weighted by Crippen LogP contribution is 2.44. The van der Waals surface area contributed by atoms with Crippen LogP contribution in [0.25, 0.3) is 0 Å². The number of hydrogen-bond donors (Lipinski definition) is 1. The minimum absolute atomic E-state index is 0.0697. The molecule has 0 bridgehead atoms. The first-order valence-electron chi connectivity index (χ1n) is 12.7. The number of benzene rings is 2. The summed E-state index contributed by atoms with van der Waals surface area (Å²) in [5.41, 5.74) is 1.85. The molecule has 1 heterocycles. The minimum Gasteiger partial charge on any atom is -0.459 e. The molecule has 6 nitrogen and oxygen atoms in total. The maximum atomic E-state index is 13.4. The molecular formula is C30H33ClN2O4. The Bertz CT molecular complexity index is 1210. The number of carbonyl (C=O) groups is 3. The van der Waals surface area contributed by atoms with Crippen LogP contribution in [0.15, 0.2) is 78.4 Å². The van der Waals surface area contributed by atoms with Gasteiger partial charge in [0.15, 0.2) is 6.04 Å². The number of hydrogen-bond acceptors (Lipinski definition) is 4. The van der Waals surface area contributed by atoms with Crippen LogP contribution in [0.4, 0.5) is 4.79 Å². The van der Waals surface area contributed by atoms with Crippen molar-refractivity contribution in [2.75, 3.05) is 0 Å². The first-order valence-corrected chi connectivity index (χ1v) is 13.0. The third kappa shape index (κ3) is 5.80. The maximum Gasteiger partial charge on any atom is 0.330 e. The molecule has 0 radical (unpaired) electrons. The molecule has 0 saturated carbocycles. The fourth-order valence-corrected chi connectivity index (χ4v) is 5.21. The van der Waals surface area contributed by atoms with Gasteiger partial charge >= 0.3 is 12.0 Å². The Kier molecular flexibility index (Phi) is 8.18. The molecule has 7 heteroatoms. The van der Waals surface area contributed by atoms with Crippen LogP contribution < -0.4 is 5.32 Å². The van der Waals surface area contributed by atoms with Gasteiger partial charge in [0.1, 0.15) is 6.61 Å². The molecule has 37 heavy (non-hydrogen) atoms. The quantitative estimate of drug-likeness (QED) is 0.350. The summed E-state index contributed by atoms with van der Waals surface area (Å²) in [7, 11) is 0. The number of likely N-dealkylation sites (tertiary alicyclic amines) is 1. The van der Waals surface area contributed by atoms with E-state index < -0.39 is 23.5 Å². The molecule has 2 aliphatic rings. The van der Waals surface area contributed by atoms with Gasteiger partial charge in [0.2, 0.25) is 5.91 Å². The molecule has 1 N–H and O–H groups in total. The van der Waals surface area contributed by atoms with Gasteiger partial charge in [-0.1, -0.05) is 79.2 Å². The van der Waals surface area contributed by atoms with E-state index in [4.69, 9.17) is 16.3 Å². The van der Waals surface area contributed by atoms with Crippen molar-refractivity contribution in [2.24, 2.45) is 11.3 Å². The molecule has 4 rings (SSSR count). The summed E-state index contributed by atoms with van der Waals surface area (Å²) in [6.45, 7) is 5.81. The number of rotatable bonds is 8. The van der Waals surface area contributed by atoms with Gasteiger partial charge in [0.05, 0.1) is 5.41 Å². The lowest BCUT2D eigenvalue weighted by molar-refractivity contribution is -0.181. The van der Waals surface area contributed by atoms with Gasteiger partial charge < -0.3 is 10.1 Å². The summed E-state index contributed by atoms with van der Waals surface area (Å²) < 4.78 is 5.61. The molecular weight excluding hydrogens is 488 g/mol. The van der Waals surface area contributed by atoms with Gasteiger partial charge in [-0.15, -0.1) is 0 Å². The van der Waals surface area contributed by atoms with Crippen LogP contribution in [0, 0.1) is 11.3 Å². The Morgan fingerprint density at radius 3 is 2.51 bits per heavy atom. The lowest BCUT2D eigenvalue weighted by Gasteiger charge is -2.51. The SMILES string of the molecule is CC1CC=CC=C1C(C)NC(=O)N1C(=O)C(C)(CCc2ccc(Cl)cc2)C1C(=O)OCc1ccccc1. The summed E-state index contributed by atoms with van der Waals surface area (Å²) in [5.74, 6) is -0.680. The normalized spacial score (nSPS) is 23.6. The van der Waals surface area contributed by atoms with Crippen molar-refractivity contribution in [3.63, 3.8) is 0 Å². The number of urea groups is 1. The minimum atomic E-state index is -1.06. The van der Waals surface area contributed by atoms with Crippen molar-refractivity contribution < 1.29 is 19.1 Å². The van der Waals surface area contributed by atoms with Gasteiger partial charge in [-0.2, -0.15) is 0 Å². The highest BCUT2D eigenvalue weighted by Gasteiger charge is 2.63. The number of nitrogens with zero attached hydrogens (tertiary/aromatic N) is 1. The summed E-state index contributed by atoms with van der Waals surface area (Å²) in [4.78, 5) is 41.1. The second-order valence-corrected chi connectivity index (χ2v) is 10.6. The molecule has 194 valence electrons. The van der Waals surface area contributed by atoms with Gasteiger partial charge in [-0.05, 0) is 67.9 Å². The molecule has 3 amide bonds. The smallest absolute Gasteiger partial charge is 0.330 e. The lowest BCUT2D eigenvalue weighted by Crippen LogP contribution is -2.74. The number of esters is 1. The summed E-state index contributed by atoms with van der Waals surface area (Å²) in [6, 6.07) is 14.9. The van der Waals surface area contributed by atoms with Crippen LogP contribution in [-0.2, 0) is 27.4 Å². The number of halogens is 1. The summed E-state index contributed by atoms with van der Waals surface area (Å²) in [5, 5.41) is 3.56. The Morgan fingerprint density at radius 2 is 1.84 bits per heavy atom. The maximum absolute atomic E-state index is 13.4. The van der Waals surface area contributed by atoms with Gasteiger partial charge in [0.25, 0.3) is 0 Å². The van der Waals surface area contributed by atoms with E-state index in [2.05, 4.69) is 18.3 Å². The first-order chi connectivity index (χ1) is 17.7. The van der Waals surface area contributed by atoms with E-state index in [1.165, 1.54) is 0 Å². The molecule has 1 aliphatic carbocycles. The number of β-lactam (4-membered cyclic amide) rings is 1. The highest BCUT2D eigenvalue weighted by molar-refractivity contribution is 6.30. The fourth-order valence-electron chi connectivity index (χ4n) is 5.08. The zero-order chi connectivity index (χ0) is 26.6. The summed E-state index contributed by atoms with van der Waals surface area (Å²) >= 11 is 6.00. The van der Waals surface area contributed by atoms with E-state index in [0.717, 1.165) is 28.0 Å². The first kappa shape index (κ1) is 26.7. The predicted molar refractivity (Wildman–Crippen MR) is 144 cm³/mol. The Hall–Kier alpha value is -3.38. The highest BCUT2D eigenvalue weighted by atomic mass is 35.5. The van der Waals surface area contributed by atoms with Crippen molar-refractivity contribution >= 4 is 29.5 Å². The molecule has 2 aromatic carbocycles. The van der Waals surface area contributed by atoms with Crippen molar-refractivity contribution in [3.05, 3.63) is 94.5 Å². The third-order valence-corrected chi connectivity index (χ3v) is 7.66. The molecule has 1 saturated heterocycles. The van der Waals surface area contributed by atoms with Crippen LogP contribution in [0.1, 0.15) is 44.7 Å². The molecule has 0 spiro atoms. The van der Waals surface area contributed by atoms with E-state index in [-0.39, 0.29) is 24.5 Å². The molecule has 4 atom stereocenters. The second-order valence-electron chi connectivity index (χ2n) is 10.1. The van der Waals surface area contributed by atoms with Crippen LogP contribution in [0.3, 0.4) is 0 Å². The summed E-state index contributed by atoms with van der Waals surface area (Å²) in [6.07, 6.45) is 7.91. The molecule has 1 aliphatic heterocycles. The van der Waals surface area contributed by atoms with Crippen molar-refractivity contribution in [1.82, 2.24) is 10.2 Å². The van der Waals surface area contributed by atoms with E-state index in [1.807, 2.05) is 61.5 Å². The monoisotopic (exact) mass is 520 g/mol. The number of ether oxygens (including phenoxy) is 1. The zero-order valence-corrected chi connectivity index (χ0v) is 22.2. The number of allylic oxidation sites excluding steroid dienone is 3. The third-order valence-electron chi connectivity index (χ3n) is 7.40. The van der Waals surface area contributed by atoms with Crippen LogP contribution in [0.5, 0.6) is 0 Å². The predicted octanol–water partition coefficient (Wildman–Crippen LogP) is 5.85.